The molecule has 0 aliphatic carbocycles. The number of rotatable bonds is 11. The van der Waals surface area contributed by atoms with Gasteiger partial charge in [0.2, 0.25) is 5.91 Å². The fraction of sp³-hybridized carbons (Fsp3) is 0.556. The van der Waals surface area contributed by atoms with E-state index >= 15 is 0 Å². The van der Waals surface area contributed by atoms with Crippen molar-refractivity contribution in [3.05, 3.63) is 22.7 Å². The largest absolute Gasteiger partial charge is 0.490 e. The maximum Gasteiger partial charge on any atom is 0.234 e. The molecular weight excluding hydrogens is 342 g/mol. The number of nitrogens with zero attached hydrogens (tertiary/aromatic N) is 2. The summed E-state index contributed by atoms with van der Waals surface area (Å²) in [7, 11) is 4.03. The summed E-state index contributed by atoms with van der Waals surface area (Å²) in [6.45, 7) is 4.33. The molecule has 0 aliphatic rings. The van der Waals surface area contributed by atoms with Crippen LogP contribution in [-0.4, -0.2) is 51.2 Å². The lowest BCUT2D eigenvalue weighted by Crippen LogP contribution is -2.24. The van der Waals surface area contributed by atoms with Gasteiger partial charge in [0, 0.05) is 13.1 Å². The van der Waals surface area contributed by atoms with Gasteiger partial charge < -0.3 is 19.7 Å². The lowest BCUT2D eigenvalue weighted by Gasteiger charge is -2.16. The fourth-order valence-electron chi connectivity index (χ4n) is 2.20. The number of nitriles is 1. The van der Waals surface area contributed by atoms with E-state index in [4.69, 9.17) is 26.3 Å². The molecule has 0 atom stereocenters. The van der Waals surface area contributed by atoms with Crippen molar-refractivity contribution in [3.8, 4) is 17.6 Å². The van der Waals surface area contributed by atoms with Gasteiger partial charge in [0.05, 0.1) is 24.3 Å². The quantitative estimate of drug-likeness (QED) is 0.608. The van der Waals surface area contributed by atoms with E-state index in [1.54, 1.807) is 0 Å². The van der Waals surface area contributed by atoms with Crippen LogP contribution in [-0.2, 0) is 11.2 Å². The molecule has 1 amide bonds. The minimum Gasteiger partial charge on any atom is -0.490 e. The van der Waals surface area contributed by atoms with Gasteiger partial charge >= 0.3 is 0 Å². The molecule has 1 N–H and O–H groups in total. The molecule has 1 aromatic rings. The Hall–Kier alpha value is -1.97. The first-order chi connectivity index (χ1) is 12.0. The number of ether oxygens (including phenoxy) is 2. The Morgan fingerprint density at radius 3 is 2.76 bits per heavy atom. The van der Waals surface area contributed by atoms with Gasteiger partial charge in [-0.05, 0) is 51.6 Å². The van der Waals surface area contributed by atoms with Crippen LogP contribution in [0.2, 0.25) is 5.02 Å². The van der Waals surface area contributed by atoms with Crippen molar-refractivity contribution in [2.45, 2.75) is 26.2 Å². The van der Waals surface area contributed by atoms with Crippen LogP contribution in [0, 0.1) is 11.3 Å². The van der Waals surface area contributed by atoms with Crippen molar-refractivity contribution in [1.82, 2.24) is 10.2 Å². The maximum atomic E-state index is 11.3. The van der Waals surface area contributed by atoms with Gasteiger partial charge in [-0.1, -0.05) is 11.6 Å². The zero-order chi connectivity index (χ0) is 18.7. The SMILES string of the molecule is CCOc1cc(CCNC(=O)CC#N)cc(Cl)c1OCCCN(C)C. The highest BCUT2D eigenvalue weighted by atomic mass is 35.5. The molecule has 0 heterocycles. The second-order valence-electron chi connectivity index (χ2n) is 5.78. The first-order valence-corrected chi connectivity index (χ1v) is 8.72. The van der Waals surface area contributed by atoms with E-state index in [9.17, 15) is 4.79 Å². The van der Waals surface area contributed by atoms with Gasteiger partial charge in [-0.15, -0.1) is 0 Å². The highest BCUT2D eigenvalue weighted by Crippen LogP contribution is 2.37. The van der Waals surface area contributed by atoms with Gasteiger partial charge in [-0.3, -0.25) is 4.79 Å². The van der Waals surface area contributed by atoms with Crippen LogP contribution in [0.5, 0.6) is 11.5 Å². The van der Waals surface area contributed by atoms with Gasteiger partial charge in [0.15, 0.2) is 11.5 Å². The van der Waals surface area contributed by atoms with E-state index < -0.39 is 0 Å². The fourth-order valence-corrected chi connectivity index (χ4v) is 2.49. The van der Waals surface area contributed by atoms with E-state index in [1.165, 1.54) is 0 Å². The average Bonchev–Trinajstić information content (AvgIpc) is 2.53. The number of nitrogens with one attached hydrogen (secondary N) is 1. The van der Waals surface area contributed by atoms with Gasteiger partial charge in [0.1, 0.15) is 6.42 Å². The van der Waals surface area contributed by atoms with Crippen LogP contribution in [0.1, 0.15) is 25.3 Å². The first kappa shape index (κ1) is 21.1. The average molecular weight is 368 g/mol. The Kier molecular flexibility index (Phi) is 9.75. The summed E-state index contributed by atoms with van der Waals surface area (Å²) < 4.78 is 11.5. The molecule has 0 aromatic heterocycles. The van der Waals surface area contributed by atoms with E-state index in [0.29, 0.717) is 42.7 Å². The first-order valence-electron chi connectivity index (χ1n) is 8.34. The van der Waals surface area contributed by atoms with Gasteiger partial charge in [0.25, 0.3) is 0 Å². The van der Waals surface area contributed by atoms with Crippen molar-refractivity contribution < 1.29 is 14.3 Å². The molecule has 138 valence electrons. The van der Waals surface area contributed by atoms with Crippen LogP contribution in [0.15, 0.2) is 12.1 Å². The van der Waals surface area contributed by atoms with Crippen LogP contribution < -0.4 is 14.8 Å². The van der Waals surface area contributed by atoms with E-state index in [1.807, 2.05) is 39.2 Å². The van der Waals surface area contributed by atoms with Crippen LogP contribution >= 0.6 is 11.6 Å². The summed E-state index contributed by atoms with van der Waals surface area (Å²) in [6.07, 6.45) is 1.35. The van der Waals surface area contributed by atoms with E-state index in [2.05, 4.69) is 10.2 Å². The smallest absolute Gasteiger partial charge is 0.234 e. The molecule has 0 bridgehead atoms. The highest BCUT2D eigenvalue weighted by Gasteiger charge is 2.13. The third kappa shape index (κ3) is 8.10. The summed E-state index contributed by atoms with van der Waals surface area (Å²) in [4.78, 5) is 13.4. The molecule has 1 aromatic carbocycles. The normalized spacial score (nSPS) is 10.4. The molecule has 6 nitrogen and oxygen atoms in total. The number of hydrogen-bond donors (Lipinski definition) is 1. The Morgan fingerprint density at radius 1 is 1.36 bits per heavy atom. The second-order valence-corrected chi connectivity index (χ2v) is 6.19. The number of carbonyl (C=O) groups excluding carboxylic acids is 1. The zero-order valence-electron chi connectivity index (χ0n) is 15.1. The van der Waals surface area contributed by atoms with Crippen molar-refractivity contribution in [3.63, 3.8) is 0 Å². The molecule has 0 saturated carbocycles. The molecule has 7 heteroatoms. The number of amides is 1. The third-order valence-corrected chi connectivity index (χ3v) is 3.62. The Balaban J connectivity index is 2.70. The molecule has 25 heavy (non-hydrogen) atoms. The Bertz CT molecular complexity index is 600. The van der Waals surface area contributed by atoms with Crippen molar-refractivity contribution >= 4 is 17.5 Å². The topological polar surface area (TPSA) is 74.6 Å². The second kappa shape index (κ2) is 11.6. The van der Waals surface area contributed by atoms with Crippen molar-refractivity contribution in [2.75, 3.05) is 40.4 Å². The summed E-state index contributed by atoms with van der Waals surface area (Å²) in [5.74, 6) is 0.886. The lowest BCUT2D eigenvalue weighted by molar-refractivity contribution is -0.120. The lowest BCUT2D eigenvalue weighted by atomic mass is 10.1. The minimum absolute atomic E-state index is 0.134. The molecule has 1 rings (SSSR count). The summed E-state index contributed by atoms with van der Waals surface area (Å²) in [5.41, 5.74) is 0.936. The highest BCUT2D eigenvalue weighted by molar-refractivity contribution is 6.32. The monoisotopic (exact) mass is 367 g/mol. The Labute approximate surface area is 154 Å². The molecular formula is C18H26ClN3O3. The predicted octanol–water partition coefficient (Wildman–Crippen LogP) is 2.64. The van der Waals surface area contributed by atoms with E-state index in [-0.39, 0.29) is 12.3 Å². The minimum atomic E-state index is -0.278. The number of carbonyl (C=O) groups is 1. The predicted molar refractivity (Wildman–Crippen MR) is 98.2 cm³/mol. The molecule has 0 spiro atoms. The molecule has 0 radical (unpaired) electrons. The van der Waals surface area contributed by atoms with Crippen LogP contribution in [0.25, 0.3) is 0 Å². The molecule has 0 saturated heterocycles. The van der Waals surface area contributed by atoms with Gasteiger partial charge in [-0.2, -0.15) is 5.26 Å². The van der Waals surface area contributed by atoms with Crippen LogP contribution in [0.3, 0.4) is 0 Å². The maximum absolute atomic E-state index is 11.3. The van der Waals surface area contributed by atoms with Gasteiger partial charge in [-0.25, -0.2) is 0 Å². The Morgan fingerprint density at radius 2 is 2.12 bits per heavy atom. The summed E-state index contributed by atoms with van der Waals surface area (Å²) in [5, 5.41) is 11.7. The molecule has 0 fully saturated rings. The summed E-state index contributed by atoms with van der Waals surface area (Å²) >= 11 is 6.36. The summed E-state index contributed by atoms with van der Waals surface area (Å²) in [6, 6.07) is 5.52. The third-order valence-electron chi connectivity index (χ3n) is 3.34. The van der Waals surface area contributed by atoms with Crippen molar-refractivity contribution in [1.29, 1.82) is 5.26 Å². The van der Waals surface area contributed by atoms with Crippen molar-refractivity contribution in [2.24, 2.45) is 0 Å². The number of halogens is 1. The standard InChI is InChI=1S/C18H26ClN3O3/c1-4-24-16-13-14(7-9-21-17(23)6-8-20)12-15(19)18(16)25-11-5-10-22(2)3/h12-13H,4-7,9-11H2,1-3H3,(H,21,23). The van der Waals surface area contributed by atoms with E-state index in [0.717, 1.165) is 18.5 Å². The number of benzene rings is 1. The molecule has 0 unspecified atom stereocenters. The molecule has 0 aliphatic heterocycles. The van der Waals surface area contributed by atoms with Crippen LogP contribution in [0.4, 0.5) is 0 Å². The zero-order valence-corrected chi connectivity index (χ0v) is 15.9. The number of hydrogen-bond acceptors (Lipinski definition) is 5.